The molecule has 0 rings (SSSR count). The van der Waals surface area contributed by atoms with Gasteiger partial charge in [0.15, 0.2) is 0 Å². The van der Waals surface area contributed by atoms with E-state index in [-0.39, 0.29) is 0 Å². The summed E-state index contributed by atoms with van der Waals surface area (Å²) < 4.78 is 15.9. The van der Waals surface area contributed by atoms with Crippen LogP contribution in [0.1, 0.15) is 64.7 Å². The third-order valence-electron chi connectivity index (χ3n) is 3.43. The summed E-state index contributed by atoms with van der Waals surface area (Å²) in [6.07, 6.45) is 12.0. The van der Waals surface area contributed by atoms with Gasteiger partial charge in [-0.15, -0.1) is 0 Å². The van der Waals surface area contributed by atoms with Gasteiger partial charge < -0.3 is 13.3 Å². The highest BCUT2D eigenvalue weighted by molar-refractivity contribution is 6.57. The molecule has 5 heteroatoms. The molecule has 0 atom stereocenters. The molecule has 0 aliphatic carbocycles. The Labute approximate surface area is 120 Å². The standard InChI is InChI=1S/C14H33NO3Si/c1-5-6-7-8-9-10-11-12-13-14-15-19(16-2,17-3)18-4/h15H,5-14H2,1-4H3. The van der Waals surface area contributed by atoms with Crippen molar-refractivity contribution in [2.75, 3.05) is 27.9 Å². The Kier molecular flexibility index (Phi) is 13.1. The van der Waals surface area contributed by atoms with Gasteiger partial charge in [-0.3, -0.25) is 4.98 Å². The van der Waals surface area contributed by atoms with Crippen molar-refractivity contribution in [1.82, 2.24) is 4.98 Å². The number of hydrogen-bond acceptors (Lipinski definition) is 4. The minimum Gasteiger partial charge on any atom is -0.364 e. The van der Waals surface area contributed by atoms with Crippen molar-refractivity contribution >= 4 is 8.97 Å². The van der Waals surface area contributed by atoms with Crippen molar-refractivity contribution in [2.45, 2.75) is 64.7 Å². The summed E-state index contributed by atoms with van der Waals surface area (Å²) in [4.78, 5) is 3.27. The lowest BCUT2D eigenvalue weighted by atomic mass is 10.1. The molecule has 4 nitrogen and oxygen atoms in total. The van der Waals surface area contributed by atoms with Gasteiger partial charge in [0.25, 0.3) is 0 Å². The van der Waals surface area contributed by atoms with E-state index in [4.69, 9.17) is 13.3 Å². The Morgan fingerprint density at radius 3 is 1.53 bits per heavy atom. The van der Waals surface area contributed by atoms with E-state index in [0.29, 0.717) is 0 Å². The lowest BCUT2D eigenvalue weighted by molar-refractivity contribution is 0.110. The molecule has 0 radical (unpaired) electrons. The number of hydrogen-bond donors (Lipinski definition) is 1. The third-order valence-corrected chi connectivity index (χ3v) is 5.72. The molecule has 0 aromatic carbocycles. The van der Waals surface area contributed by atoms with Gasteiger partial charge in [-0.2, -0.15) is 0 Å². The first kappa shape index (κ1) is 19.1. The molecule has 19 heavy (non-hydrogen) atoms. The van der Waals surface area contributed by atoms with E-state index < -0.39 is 8.97 Å². The smallest absolute Gasteiger partial charge is 0.364 e. The Morgan fingerprint density at radius 1 is 0.684 bits per heavy atom. The summed E-state index contributed by atoms with van der Waals surface area (Å²) in [6, 6.07) is 0. The summed E-state index contributed by atoms with van der Waals surface area (Å²) in [5, 5.41) is 0. The highest BCUT2D eigenvalue weighted by Crippen LogP contribution is 2.09. The molecule has 0 amide bonds. The number of nitrogens with one attached hydrogen (secondary N) is 1. The molecule has 0 bridgehead atoms. The van der Waals surface area contributed by atoms with Crippen LogP contribution in [0.5, 0.6) is 0 Å². The summed E-state index contributed by atoms with van der Waals surface area (Å²) in [5.41, 5.74) is 0. The highest BCUT2D eigenvalue weighted by Gasteiger charge is 2.38. The van der Waals surface area contributed by atoms with E-state index in [1.807, 2.05) is 0 Å². The van der Waals surface area contributed by atoms with Gasteiger partial charge in [0.1, 0.15) is 0 Å². The first-order chi connectivity index (χ1) is 9.24. The highest BCUT2D eigenvalue weighted by atomic mass is 28.4. The quantitative estimate of drug-likeness (QED) is 0.393. The van der Waals surface area contributed by atoms with Crippen LogP contribution in [0.3, 0.4) is 0 Å². The maximum atomic E-state index is 5.30. The third kappa shape index (κ3) is 9.57. The van der Waals surface area contributed by atoms with Crippen molar-refractivity contribution in [1.29, 1.82) is 0 Å². The van der Waals surface area contributed by atoms with E-state index in [9.17, 15) is 0 Å². The average Bonchev–Trinajstić information content (AvgIpc) is 2.46. The number of unbranched alkanes of at least 4 members (excludes halogenated alkanes) is 8. The fourth-order valence-electron chi connectivity index (χ4n) is 2.14. The molecular formula is C14H33NO3Si. The van der Waals surface area contributed by atoms with Gasteiger partial charge in [-0.05, 0) is 13.0 Å². The molecule has 116 valence electrons. The topological polar surface area (TPSA) is 39.7 Å². The Balaban J connectivity index is 3.35. The van der Waals surface area contributed by atoms with Gasteiger partial charge in [0, 0.05) is 21.3 Å². The lowest BCUT2D eigenvalue weighted by Crippen LogP contribution is -2.57. The largest absolute Gasteiger partial charge is 0.595 e. The van der Waals surface area contributed by atoms with Crippen LogP contribution in [0, 0.1) is 0 Å². The van der Waals surface area contributed by atoms with Gasteiger partial charge in [0.2, 0.25) is 0 Å². The average molecular weight is 292 g/mol. The molecular weight excluding hydrogens is 258 g/mol. The normalized spacial score (nSPS) is 12.0. The second kappa shape index (κ2) is 13.1. The molecule has 0 unspecified atom stereocenters. The Morgan fingerprint density at radius 2 is 1.11 bits per heavy atom. The van der Waals surface area contributed by atoms with Crippen LogP contribution in [0.25, 0.3) is 0 Å². The van der Waals surface area contributed by atoms with Gasteiger partial charge in [0.05, 0.1) is 0 Å². The zero-order chi connectivity index (χ0) is 14.4. The van der Waals surface area contributed by atoms with Crippen molar-refractivity contribution < 1.29 is 13.3 Å². The minimum absolute atomic E-state index is 0.900. The predicted molar refractivity (Wildman–Crippen MR) is 82.0 cm³/mol. The van der Waals surface area contributed by atoms with E-state index in [2.05, 4.69) is 11.9 Å². The fraction of sp³-hybridized carbons (Fsp3) is 1.00. The maximum Gasteiger partial charge on any atom is 0.595 e. The van der Waals surface area contributed by atoms with Crippen LogP contribution in [0.15, 0.2) is 0 Å². The SMILES string of the molecule is CCCCCCCCCCCN[Si](OC)(OC)OC. The Hall–Kier alpha value is 0.0569. The van der Waals surface area contributed by atoms with Crippen molar-refractivity contribution in [3.63, 3.8) is 0 Å². The van der Waals surface area contributed by atoms with Crippen LogP contribution in [-0.2, 0) is 13.3 Å². The molecule has 1 N–H and O–H groups in total. The summed E-state index contributed by atoms with van der Waals surface area (Å²) in [5.74, 6) is 0. The van der Waals surface area contributed by atoms with E-state index in [1.165, 1.54) is 51.4 Å². The summed E-state index contributed by atoms with van der Waals surface area (Å²) >= 11 is 0. The van der Waals surface area contributed by atoms with Gasteiger partial charge in [-0.25, -0.2) is 0 Å². The fourth-order valence-corrected chi connectivity index (χ4v) is 3.56. The molecule has 0 saturated carbocycles. The Bertz CT molecular complexity index is 181. The van der Waals surface area contributed by atoms with Crippen molar-refractivity contribution in [2.24, 2.45) is 0 Å². The van der Waals surface area contributed by atoms with Gasteiger partial charge in [-0.1, -0.05) is 58.3 Å². The molecule has 0 aromatic heterocycles. The zero-order valence-corrected chi connectivity index (χ0v) is 14.3. The molecule has 0 heterocycles. The second-order valence-corrected chi connectivity index (χ2v) is 7.61. The van der Waals surface area contributed by atoms with E-state index >= 15 is 0 Å². The monoisotopic (exact) mass is 291 g/mol. The van der Waals surface area contributed by atoms with Crippen LogP contribution in [-0.4, -0.2) is 36.8 Å². The number of rotatable bonds is 14. The van der Waals surface area contributed by atoms with Crippen LogP contribution in [0.2, 0.25) is 0 Å². The molecule has 0 aromatic rings. The van der Waals surface area contributed by atoms with Crippen LogP contribution in [0.4, 0.5) is 0 Å². The first-order valence-electron chi connectivity index (χ1n) is 7.65. The zero-order valence-electron chi connectivity index (χ0n) is 13.3. The molecule has 0 saturated heterocycles. The van der Waals surface area contributed by atoms with Crippen molar-refractivity contribution in [3.05, 3.63) is 0 Å². The van der Waals surface area contributed by atoms with E-state index in [0.717, 1.165) is 13.0 Å². The first-order valence-corrected chi connectivity index (χ1v) is 9.37. The van der Waals surface area contributed by atoms with E-state index in [1.54, 1.807) is 21.3 Å². The lowest BCUT2D eigenvalue weighted by Gasteiger charge is -2.24. The second-order valence-electron chi connectivity index (χ2n) is 4.92. The minimum atomic E-state index is -2.56. The molecule has 0 fully saturated rings. The predicted octanol–water partition coefficient (Wildman–Crippen LogP) is 3.48. The van der Waals surface area contributed by atoms with Crippen molar-refractivity contribution in [3.8, 4) is 0 Å². The summed E-state index contributed by atoms with van der Waals surface area (Å²) in [6.45, 7) is 3.16. The molecule has 0 aliphatic rings. The maximum absolute atomic E-state index is 5.30. The molecule has 0 spiro atoms. The van der Waals surface area contributed by atoms with Gasteiger partial charge >= 0.3 is 8.97 Å². The van der Waals surface area contributed by atoms with Crippen LogP contribution >= 0.6 is 0 Å². The van der Waals surface area contributed by atoms with Crippen LogP contribution < -0.4 is 4.98 Å². The molecule has 0 aliphatic heterocycles. The summed E-state index contributed by atoms with van der Waals surface area (Å²) in [7, 11) is 2.32.